The first-order valence-corrected chi connectivity index (χ1v) is 6.18. The molecule has 2 fully saturated rings. The molecule has 0 spiro atoms. The Morgan fingerprint density at radius 1 is 1.29 bits per heavy atom. The first-order chi connectivity index (χ1) is 8.31. The van der Waals surface area contributed by atoms with Gasteiger partial charge in [0.1, 0.15) is 0 Å². The molecule has 0 aromatic carbocycles. The molecule has 92 valence electrons. The largest absolute Gasteiger partial charge is 0.408 e. The van der Waals surface area contributed by atoms with Gasteiger partial charge in [0, 0.05) is 24.9 Å². The minimum absolute atomic E-state index is 0.0795. The van der Waals surface area contributed by atoms with Gasteiger partial charge in [-0.15, -0.1) is 5.10 Å². The van der Waals surface area contributed by atoms with Crippen molar-refractivity contribution in [1.82, 2.24) is 15.5 Å². The summed E-state index contributed by atoms with van der Waals surface area (Å²) in [6, 6.07) is 0.857. The fourth-order valence-corrected chi connectivity index (χ4v) is 1.64. The lowest BCUT2D eigenvalue weighted by molar-refractivity contribution is -0.116. The van der Waals surface area contributed by atoms with Crippen molar-refractivity contribution in [3.05, 3.63) is 5.89 Å². The molecule has 0 bridgehead atoms. The summed E-state index contributed by atoms with van der Waals surface area (Å²) in [7, 11) is 0. The van der Waals surface area contributed by atoms with E-state index in [1.165, 1.54) is 12.8 Å². The van der Waals surface area contributed by atoms with Crippen LogP contribution in [-0.4, -0.2) is 28.7 Å². The van der Waals surface area contributed by atoms with E-state index in [9.17, 15) is 4.79 Å². The second-order valence-corrected chi connectivity index (χ2v) is 4.75. The summed E-state index contributed by atoms with van der Waals surface area (Å²) in [6.45, 7) is 0.708. The van der Waals surface area contributed by atoms with Crippen molar-refractivity contribution in [1.29, 1.82) is 0 Å². The third-order valence-corrected chi connectivity index (χ3v) is 2.98. The minimum Gasteiger partial charge on any atom is -0.408 e. The van der Waals surface area contributed by atoms with Crippen molar-refractivity contribution < 1.29 is 9.21 Å². The van der Waals surface area contributed by atoms with Gasteiger partial charge in [-0.25, -0.2) is 0 Å². The first kappa shape index (κ1) is 10.7. The smallest absolute Gasteiger partial charge is 0.322 e. The maximum absolute atomic E-state index is 11.5. The number of rotatable bonds is 6. The van der Waals surface area contributed by atoms with Crippen molar-refractivity contribution in [3.63, 3.8) is 0 Å². The average molecular weight is 236 g/mol. The molecule has 6 heteroatoms. The zero-order chi connectivity index (χ0) is 11.7. The summed E-state index contributed by atoms with van der Waals surface area (Å²) in [5.41, 5.74) is 0. The molecule has 2 aliphatic carbocycles. The Morgan fingerprint density at radius 2 is 2.12 bits per heavy atom. The van der Waals surface area contributed by atoms with Crippen molar-refractivity contribution in [2.45, 2.75) is 44.1 Å². The van der Waals surface area contributed by atoms with E-state index in [2.05, 4.69) is 20.8 Å². The van der Waals surface area contributed by atoms with Crippen LogP contribution < -0.4 is 10.6 Å². The molecule has 1 amide bonds. The summed E-state index contributed by atoms with van der Waals surface area (Å²) >= 11 is 0. The second-order valence-electron chi connectivity index (χ2n) is 4.75. The maximum atomic E-state index is 11.5. The Bertz CT molecular complexity index is 409. The van der Waals surface area contributed by atoms with E-state index in [0.717, 1.165) is 12.8 Å². The Balaban J connectivity index is 1.42. The highest BCUT2D eigenvalue weighted by Crippen LogP contribution is 2.39. The number of carbonyl (C=O) groups is 1. The van der Waals surface area contributed by atoms with Crippen LogP contribution in [0.3, 0.4) is 0 Å². The molecule has 0 radical (unpaired) electrons. The second kappa shape index (κ2) is 4.44. The quantitative estimate of drug-likeness (QED) is 0.771. The van der Waals surface area contributed by atoms with Crippen LogP contribution in [0.15, 0.2) is 4.42 Å². The van der Waals surface area contributed by atoms with Crippen molar-refractivity contribution in [3.8, 4) is 0 Å². The first-order valence-electron chi connectivity index (χ1n) is 6.18. The molecular weight excluding hydrogens is 220 g/mol. The van der Waals surface area contributed by atoms with Gasteiger partial charge < -0.3 is 9.73 Å². The van der Waals surface area contributed by atoms with Crippen molar-refractivity contribution >= 4 is 11.9 Å². The maximum Gasteiger partial charge on any atom is 0.322 e. The number of hydrogen-bond acceptors (Lipinski definition) is 5. The molecule has 1 aromatic heterocycles. The van der Waals surface area contributed by atoms with Gasteiger partial charge in [0.25, 0.3) is 0 Å². The molecule has 2 saturated carbocycles. The van der Waals surface area contributed by atoms with Crippen molar-refractivity contribution in [2.75, 3.05) is 11.9 Å². The third-order valence-electron chi connectivity index (χ3n) is 2.98. The van der Waals surface area contributed by atoms with Gasteiger partial charge >= 0.3 is 6.01 Å². The lowest BCUT2D eigenvalue weighted by Crippen LogP contribution is -2.23. The molecule has 6 nitrogen and oxygen atoms in total. The minimum atomic E-state index is -0.0795. The zero-order valence-corrected chi connectivity index (χ0v) is 9.61. The molecule has 17 heavy (non-hydrogen) atoms. The summed E-state index contributed by atoms with van der Waals surface area (Å²) in [6.07, 6.45) is 5.13. The standard InChI is InChI=1S/C11H16N4O2/c16-9(5-6-12-8-3-4-8)13-11-15-14-10(17-11)7-1-2-7/h7-8,12H,1-6H2,(H,13,15,16). The molecule has 0 saturated heterocycles. The van der Waals surface area contributed by atoms with Gasteiger partial charge in [0.05, 0.1) is 0 Å². The van der Waals surface area contributed by atoms with E-state index >= 15 is 0 Å². The number of nitrogens with zero attached hydrogens (tertiary/aromatic N) is 2. The normalized spacial score (nSPS) is 19.3. The van der Waals surface area contributed by atoms with Crippen LogP contribution in [0.2, 0.25) is 0 Å². The number of anilines is 1. The molecule has 0 atom stereocenters. The van der Waals surface area contributed by atoms with E-state index in [4.69, 9.17) is 4.42 Å². The monoisotopic (exact) mass is 236 g/mol. The molecule has 1 aromatic rings. The highest BCUT2D eigenvalue weighted by atomic mass is 16.4. The van der Waals surface area contributed by atoms with Gasteiger partial charge in [-0.2, -0.15) is 0 Å². The van der Waals surface area contributed by atoms with Gasteiger partial charge in [-0.1, -0.05) is 5.10 Å². The fourth-order valence-electron chi connectivity index (χ4n) is 1.64. The fraction of sp³-hybridized carbons (Fsp3) is 0.727. The molecule has 1 heterocycles. The zero-order valence-electron chi connectivity index (χ0n) is 9.61. The van der Waals surface area contributed by atoms with Crippen LogP contribution in [0.25, 0.3) is 0 Å². The van der Waals surface area contributed by atoms with Gasteiger partial charge in [0.2, 0.25) is 11.8 Å². The number of nitrogens with one attached hydrogen (secondary N) is 2. The van der Waals surface area contributed by atoms with Crippen LogP contribution in [0.4, 0.5) is 6.01 Å². The predicted molar refractivity (Wildman–Crippen MR) is 60.5 cm³/mol. The summed E-state index contributed by atoms with van der Waals surface area (Å²) in [4.78, 5) is 11.5. The topological polar surface area (TPSA) is 80.0 Å². The molecule has 0 aliphatic heterocycles. The molecule has 0 unspecified atom stereocenters. The van der Waals surface area contributed by atoms with Crippen molar-refractivity contribution in [2.24, 2.45) is 0 Å². The van der Waals surface area contributed by atoms with E-state index in [-0.39, 0.29) is 11.9 Å². The lowest BCUT2D eigenvalue weighted by Gasteiger charge is -2.01. The van der Waals surface area contributed by atoms with Gasteiger partial charge in [0.15, 0.2) is 0 Å². The summed E-state index contributed by atoms with van der Waals surface area (Å²) < 4.78 is 5.34. The highest BCUT2D eigenvalue weighted by Gasteiger charge is 2.29. The van der Waals surface area contributed by atoms with Gasteiger partial charge in [-0.05, 0) is 25.7 Å². The predicted octanol–water partition coefficient (Wildman–Crippen LogP) is 1.03. The van der Waals surface area contributed by atoms with E-state index in [1.54, 1.807) is 0 Å². The Hall–Kier alpha value is -1.43. The average Bonchev–Trinajstić information content (AvgIpc) is 3.20. The number of aromatic nitrogens is 2. The summed E-state index contributed by atoms with van der Waals surface area (Å²) in [5, 5.41) is 13.6. The van der Waals surface area contributed by atoms with E-state index in [0.29, 0.717) is 30.8 Å². The SMILES string of the molecule is O=C(CCNC1CC1)Nc1nnc(C2CC2)o1. The van der Waals surface area contributed by atoms with Crippen LogP contribution in [0.5, 0.6) is 0 Å². The molecule has 2 aliphatic rings. The Labute approximate surface area is 99.2 Å². The molecular formula is C11H16N4O2. The van der Waals surface area contributed by atoms with Crippen LogP contribution in [0, 0.1) is 0 Å². The molecule has 2 N–H and O–H groups in total. The summed E-state index contributed by atoms with van der Waals surface area (Å²) in [5.74, 6) is 0.991. The number of hydrogen-bond donors (Lipinski definition) is 2. The number of carbonyl (C=O) groups excluding carboxylic acids is 1. The Kier molecular flexibility index (Phi) is 2.80. The van der Waals surface area contributed by atoms with Crippen LogP contribution in [-0.2, 0) is 4.79 Å². The highest BCUT2D eigenvalue weighted by molar-refractivity contribution is 5.88. The van der Waals surface area contributed by atoms with Crippen LogP contribution >= 0.6 is 0 Å². The number of amides is 1. The molecule has 3 rings (SSSR count). The van der Waals surface area contributed by atoms with E-state index < -0.39 is 0 Å². The Morgan fingerprint density at radius 3 is 2.82 bits per heavy atom. The van der Waals surface area contributed by atoms with E-state index in [1.807, 2.05) is 0 Å². The van der Waals surface area contributed by atoms with Gasteiger partial charge in [-0.3, -0.25) is 10.1 Å². The lowest BCUT2D eigenvalue weighted by atomic mass is 10.4. The third kappa shape index (κ3) is 3.03. The van der Waals surface area contributed by atoms with Crippen LogP contribution in [0.1, 0.15) is 43.9 Å².